The first kappa shape index (κ1) is 22.3. The number of non-ortho nitro benzene ring substituents is 1. The Labute approximate surface area is 183 Å². The smallest absolute Gasteiger partial charge is 0.338 e. The number of nitrogens with one attached hydrogen (secondary N) is 1. The molecule has 0 spiro atoms. The molecule has 0 saturated heterocycles. The first-order valence-corrected chi connectivity index (χ1v) is 9.60. The zero-order chi connectivity index (χ0) is 23.1. The monoisotopic (exact) mass is 436 g/mol. The first-order valence-electron chi connectivity index (χ1n) is 9.60. The summed E-state index contributed by atoms with van der Waals surface area (Å²) in [7, 11) is 1.15. The van der Waals surface area contributed by atoms with Crippen LogP contribution < -0.4 is 14.8 Å². The molecule has 0 fully saturated rings. The van der Waals surface area contributed by atoms with Crippen LogP contribution in [-0.2, 0) is 4.74 Å². The number of hydrogen-bond acceptors (Lipinski definition) is 7. The highest BCUT2D eigenvalue weighted by Crippen LogP contribution is 2.31. The van der Waals surface area contributed by atoms with Crippen molar-refractivity contribution in [3.63, 3.8) is 0 Å². The number of benzene rings is 3. The minimum absolute atomic E-state index is 0.0736. The molecule has 164 valence electrons. The lowest BCUT2D eigenvalue weighted by Gasteiger charge is -2.13. The summed E-state index contributed by atoms with van der Waals surface area (Å²) in [5.74, 6) is 0.152. The molecule has 1 N–H and O–H groups in total. The maximum Gasteiger partial charge on any atom is 0.338 e. The van der Waals surface area contributed by atoms with Gasteiger partial charge < -0.3 is 19.5 Å². The molecule has 0 aromatic heterocycles. The number of ether oxygens (including phenoxy) is 3. The molecule has 9 heteroatoms. The number of nitro groups is 1. The van der Waals surface area contributed by atoms with E-state index in [2.05, 4.69) is 10.1 Å². The number of nitro benzene ring substituents is 1. The number of amides is 1. The Kier molecular flexibility index (Phi) is 7.02. The molecule has 0 radical (unpaired) electrons. The van der Waals surface area contributed by atoms with Gasteiger partial charge >= 0.3 is 5.97 Å². The van der Waals surface area contributed by atoms with Crippen LogP contribution in [0.1, 0.15) is 27.6 Å². The van der Waals surface area contributed by atoms with Crippen LogP contribution in [-0.4, -0.2) is 30.5 Å². The van der Waals surface area contributed by atoms with Gasteiger partial charge in [0.05, 0.1) is 29.9 Å². The Balaban J connectivity index is 1.85. The van der Waals surface area contributed by atoms with Crippen molar-refractivity contribution in [2.75, 3.05) is 19.0 Å². The Hall–Kier alpha value is -4.40. The van der Waals surface area contributed by atoms with Gasteiger partial charge in [0.25, 0.3) is 11.6 Å². The van der Waals surface area contributed by atoms with Gasteiger partial charge in [0.2, 0.25) is 0 Å². The summed E-state index contributed by atoms with van der Waals surface area (Å²) in [5, 5.41) is 13.9. The molecule has 0 atom stereocenters. The van der Waals surface area contributed by atoms with E-state index in [0.717, 1.165) is 19.2 Å². The van der Waals surface area contributed by atoms with Gasteiger partial charge in [-0.2, -0.15) is 0 Å². The second kappa shape index (κ2) is 10.1. The molecule has 0 saturated carbocycles. The molecule has 3 aromatic carbocycles. The average Bonchev–Trinajstić information content (AvgIpc) is 2.80. The van der Waals surface area contributed by atoms with E-state index >= 15 is 0 Å². The molecule has 0 bridgehead atoms. The fourth-order valence-corrected chi connectivity index (χ4v) is 2.83. The molecule has 3 rings (SSSR count). The van der Waals surface area contributed by atoms with E-state index < -0.39 is 22.5 Å². The fourth-order valence-electron chi connectivity index (χ4n) is 2.83. The highest BCUT2D eigenvalue weighted by Gasteiger charge is 2.19. The van der Waals surface area contributed by atoms with Crippen LogP contribution in [0.3, 0.4) is 0 Å². The number of rotatable bonds is 8. The fraction of sp³-hybridized carbons (Fsp3) is 0.130. The normalized spacial score (nSPS) is 10.2. The predicted octanol–water partition coefficient (Wildman–Crippen LogP) is 4.82. The lowest BCUT2D eigenvalue weighted by atomic mass is 10.1. The second-order valence-corrected chi connectivity index (χ2v) is 6.47. The number of hydrogen-bond donors (Lipinski definition) is 1. The standard InChI is InChI=1S/C23H20N2O7/c1-3-31-18-8-10-19(11-9-18)32-21-7-5-4-6-20(21)24-22(26)15-12-16(23(27)30-2)14-17(13-15)25(28)29/h4-14H,3H2,1-2H3,(H,24,26). The molecule has 32 heavy (non-hydrogen) atoms. The quantitative estimate of drug-likeness (QED) is 0.305. The van der Waals surface area contributed by atoms with Crippen molar-refractivity contribution in [1.29, 1.82) is 0 Å². The van der Waals surface area contributed by atoms with Crippen LogP contribution in [0.2, 0.25) is 0 Å². The van der Waals surface area contributed by atoms with Gasteiger partial charge in [-0.1, -0.05) is 12.1 Å². The summed E-state index contributed by atoms with van der Waals surface area (Å²) >= 11 is 0. The van der Waals surface area contributed by atoms with Crippen LogP contribution in [0, 0.1) is 10.1 Å². The number of para-hydroxylation sites is 2. The lowest BCUT2D eigenvalue weighted by molar-refractivity contribution is -0.384. The SMILES string of the molecule is CCOc1ccc(Oc2ccccc2NC(=O)c2cc(C(=O)OC)cc([N+](=O)[O-])c2)cc1. The van der Waals surface area contributed by atoms with E-state index in [4.69, 9.17) is 9.47 Å². The number of anilines is 1. The average molecular weight is 436 g/mol. The van der Waals surface area contributed by atoms with Crippen molar-refractivity contribution >= 4 is 23.3 Å². The summed E-state index contributed by atoms with van der Waals surface area (Å²) in [6, 6.07) is 17.1. The summed E-state index contributed by atoms with van der Waals surface area (Å²) in [6.07, 6.45) is 0. The van der Waals surface area contributed by atoms with Gasteiger partial charge in [0.15, 0.2) is 5.75 Å². The summed E-state index contributed by atoms with van der Waals surface area (Å²) in [6.45, 7) is 2.43. The van der Waals surface area contributed by atoms with Crippen molar-refractivity contribution in [1.82, 2.24) is 0 Å². The van der Waals surface area contributed by atoms with E-state index in [9.17, 15) is 19.7 Å². The Bertz CT molecular complexity index is 1140. The molecule has 1 amide bonds. The van der Waals surface area contributed by atoms with Gasteiger partial charge in [-0.3, -0.25) is 14.9 Å². The minimum atomic E-state index is -0.790. The molecule has 0 aliphatic carbocycles. The van der Waals surface area contributed by atoms with Gasteiger partial charge in [-0.25, -0.2) is 4.79 Å². The summed E-state index contributed by atoms with van der Waals surface area (Å²) in [4.78, 5) is 35.2. The highest BCUT2D eigenvalue weighted by molar-refractivity contribution is 6.07. The number of nitrogens with zero attached hydrogens (tertiary/aromatic N) is 1. The number of carbonyl (C=O) groups is 2. The third-order valence-electron chi connectivity index (χ3n) is 4.31. The van der Waals surface area contributed by atoms with Crippen LogP contribution in [0.25, 0.3) is 0 Å². The van der Waals surface area contributed by atoms with Gasteiger partial charge in [0.1, 0.15) is 11.5 Å². The zero-order valence-electron chi connectivity index (χ0n) is 17.4. The van der Waals surface area contributed by atoms with Crippen LogP contribution >= 0.6 is 0 Å². The number of carbonyl (C=O) groups excluding carboxylic acids is 2. The van der Waals surface area contributed by atoms with E-state index in [1.54, 1.807) is 48.5 Å². The van der Waals surface area contributed by atoms with E-state index in [1.807, 2.05) is 6.92 Å². The maximum atomic E-state index is 12.8. The van der Waals surface area contributed by atoms with E-state index in [0.29, 0.717) is 29.5 Å². The first-order chi connectivity index (χ1) is 15.4. The van der Waals surface area contributed by atoms with Gasteiger partial charge in [0, 0.05) is 17.7 Å². The molecular weight excluding hydrogens is 416 g/mol. The van der Waals surface area contributed by atoms with Crippen molar-refractivity contribution < 1.29 is 28.7 Å². The van der Waals surface area contributed by atoms with Crippen molar-refractivity contribution in [2.45, 2.75) is 6.92 Å². The zero-order valence-corrected chi connectivity index (χ0v) is 17.4. The van der Waals surface area contributed by atoms with E-state index in [-0.39, 0.29) is 11.1 Å². The van der Waals surface area contributed by atoms with Crippen LogP contribution in [0.5, 0.6) is 17.2 Å². The third-order valence-corrected chi connectivity index (χ3v) is 4.31. The maximum absolute atomic E-state index is 12.8. The van der Waals surface area contributed by atoms with E-state index in [1.165, 1.54) is 6.07 Å². The van der Waals surface area contributed by atoms with Crippen LogP contribution in [0.15, 0.2) is 66.7 Å². The molecular formula is C23H20N2O7. The Morgan fingerprint density at radius 2 is 1.62 bits per heavy atom. The topological polar surface area (TPSA) is 117 Å². The van der Waals surface area contributed by atoms with Gasteiger partial charge in [-0.15, -0.1) is 0 Å². The number of methoxy groups -OCH3 is 1. The Morgan fingerprint density at radius 3 is 2.28 bits per heavy atom. The molecule has 0 heterocycles. The highest BCUT2D eigenvalue weighted by atomic mass is 16.6. The van der Waals surface area contributed by atoms with Crippen LogP contribution in [0.4, 0.5) is 11.4 Å². The molecule has 0 aliphatic rings. The van der Waals surface area contributed by atoms with Crippen molar-refractivity contribution in [2.24, 2.45) is 0 Å². The Morgan fingerprint density at radius 1 is 0.969 bits per heavy atom. The third kappa shape index (κ3) is 5.39. The predicted molar refractivity (Wildman–Crippen MR) is 117 cm³/mol. The largest absolute Gasteiger partial charge is 0.494 e. The van der Waals surface area contributed by atoms with Crippen molar-refractivity contribution in [3.8, 4) is 17.2 Å². The molecule has 0 aliphatic heterocycles. The van der Waals surface area contributed by atoms with Crippen molar-refractivity contribution in [3.05, 3.63) is 88.0 Å². The summed E-state index contributed by atoms with van der Waals surface area (Å²) in [5.41, 5.74) is -0.240. The number of esters is 1. The summed E-state index contributed by atoms with van der Waals surface area (Å²) < 4.78 is 15.9. The lowest BCUT2D eigenvalue weighted by Crippen LogP contribution is -2.14. The molecule has 9 nitrogen and oxygen atoms in total. The minimum Gasteiger partial charge on any atom is -0.494 e. The van der Waals surface area contributed by atoms with Gasteiger partial charge in [-0.05, 0) is 49.4 Å². The molecule has 0 unspecified atom stereocenters. The molecule has 3 aromatic rings. The second-order valence-electron chi connectivity index (χ2n) is 6.47.